The van der Waals surface area contributed by atoms with Gasteiger partial charge in [0.05, 0.1) is 6.42 Å². The monoisotopic (exact) mass is 293 g/mol. The number of amidine groups is 1. The summed E-state index contributed by atoms with van der Waals surface area (Å²) in [5.74, 6) is 0.647. The third-order valence-corrected chi connectivity index (χ3v) is 3.79. The number of nitrogens with one attached hydrogen (secondary N) is 2. The molecular weight excluding hydrogens is 274 g/mol. The third kappa shape index (κ3) is 3.34. The van der Waals surface area contributed by atoms with Crippen molar-refractivity contribution < 1.29 is 4.79 Å². The van der Waals surface area contributed by atoms with Crippen LogP contribution in [0.4, 0.5) is 11.4 Å². The molecule has 1 saturated heterocycles. The zero-order chi connectivity index (χ0) is 15.4. The zero-order valence-electron chi connectivity index (χ0n) is 12.4. The van der Waals surface area contributed by atoms with Gasteiger partial charge in [-0.05, 0) is 36.2 Å². The van der Waals surface area contributed by atoms with E-state index in [0.717, 1.165) is 36.3 Å². The summed E-state index contributed by atoms with van der Waals surface area (Å²) in [6, 6.07) is 17.4. The highest BCUT2D eigenvalue weighted by molar-refractivity contribution is 5.98. The largest absolute Gasteiger partial charge is 0.330 e. The maximum atomic E-state index is 12.0. The van der Waals surface area contributed by atoms with Gasteiger partial charge in [-0.1, -0.05) is 30.3 Å². The van der Waals surface area contributed by atoms with Crippen molar-refractivity contribution in [3.8, 4) is 0 Å². The highest BCUT2D eigenvalue weighted by Crippen LogP contribution is 2.23. The summed E-state index contributed by atoms with van der Waals surface area (Å²) < 4.78 is 0. The molecule has 1 aliphatic heterocycles. The van der Waals surface area contributed by atoms with Crippen molar-refractivity contribution in [1.29, 1.82) is 5.41 Å². The Hall–Kier alpha value is -2.62. The molecule has 2 aromatic rings. The van der Waals surface area contributed by atoms with Crippen LogP contribution in [0.2, 0.25) is 0 Å². The molecule has 0 aromatic heterocycles. The number of hydrogen-bond acceptors (Lipinski definition) is 2. The fraction of sp³-hybridized carbons (Fsp3) is 0.222. The van der Waals surface area contributed by atoms with E-state index in [2.05, 4.69) is 5.32 Å². The van der Waals surface area contributed by atoms with E-state index in [9.17, 15) is 4.79 Å². The number of carbonyl (C=O) groups is 1. The van der Waals surface area contributed by atoms with Crippen LogP contribution >= 0.6 is 0 Å². The van der Waals surface area contributed by atoms with Crippen molar-refractivity contribution in [3.05, 3.63) is 60.2 Å². The average molecular weight is 293 g/mol. The second-order valence-electron chi connectivity index (χ2n) is 5.46. The van der Waals surface area contributed by atoms with Gasteiger partial charge < -0.3 is 10.2 Å². The molecule has 22 heavy (non-hydrogen) atoms. The Morgan fingerprint density at radius 1 is 1.09 bits per heavy atom. The molecule has 1 aliphatic rings. The summed E-state index contributed by atoms with van der Waals surface area (Å²) in [5.41, 5.74) is 2.81. The van der Waals surface area contributed by atoms with Crippen LogP contribution in [0.15, 0.2) is 54.6 Å². The van der Waals surface area contributed by atoms with E-state index in [0.29, 0.717) is 12.3 Å². The van der Waals surface area contributed by atoms with Gasteiger partial charge in [-0.15, -0.1) is 0 Å². The molecule has 1 heterocycles. The molecule has 0 unspecified atom stereocenters. The van der Waals surface area contributed by atoms with Crippen LogP contribution in [-0.2, 0) is 11.2 Å². The van der Waals surface area contributed by atoms with Gasteiger partial charge in [0.2, 0.25) is 5.91 Å². The van der Waals surface area contributed by atoms with Gasteiger partial charge in [0.15, 0.2) is 0 Å². The molecule has 1 amide bonds. The lowest BCUT2D eigenvalue weighted by molar-refractivity contribution is -0.115. The lowest BCUT2D eigenvalue weighted by atomic mass is 10.1. The minimum atomic E-state index is -0.0205. The Morgan fingerprint density at radius 2 is 1.82 bits per heavy atom. The Labute approximate surface area is 130 Å². The molecule has 4 heteroatoms. The van der Waals surface area contributed by atoms with Gasteiger partial charge >= 0.3 is 0 Å². The Bertz CT molecular complexity index is 664. The molecule has 0 spiro atoms. The number of hydrogen-bond donors (Lipinski definition) is 2. The topological polar surface area (TPSA) is 56.2 Å². The van der Waals surface area contributed by atoms with Gasteiger partial charge in [0, 0.05) is 24.3 Å². The normalized spacial score (nSPS) is 14.2. The number of carbonyl (C=O) groups excluding carboxylic acids is 1. The van der Waals surface area contributed by atoms with E-state index in [1.165, 1.54) is 0 Å². The Morgan fingerprint density at radius 3 is 2.45 bits per heavy atom. The van der Waals surface area contributed by atoms with Crippen molar-refractivity contribution in [1.82, 2.24) is 0 Å². The van der Waals surface area contributed by atoms with Crippen LogP contribution in [0, 0.1) is 5.41 Å². The first-order valence-corrected chi connectivity index (χ1v) is 7.51. The summed E-state index contributed by atoms with van der Waals surface area (Å²) in [6.45, 7) is 0.901. The highest BCUT2D eigenvalue weighted by atomic mass is 16.1. The minimum absolute atomic E-state index is 0.0205. The summed E-state index contributed by atoms with van der Waals surface area (Å²) in [6.07, 6.45) is 2.25. The van der Waals surface area contributed by atoms with Crippen molar-refractivity contribution in [2.45, 2.75) is 19.3 Å². The standard InChI is InChI=1S/C18H19N3O/c19-17-7-4-12-21(17)16-10-8-15(9-11-16)20-18(22)13-14-5-2-1-3-6-14/h1-3,5-6,8-11,19H,4,7,12-13H2,(H,20,22). The van der Waals surface area contributed by atoms with Crippen molar-refractivity contribution in [3.63, 3.8) is 0 Å². The number of nitrogens with zero attached hydrogens (tertiary/aromatic N) is 1. The zero-order valence-corrected chi connectivity index (χ0v) is 12.4. The van der Waals surface area contributed by atoms with Crippen LogP contribution in [0.25, 0.3) is 0 Å². The first-order chi connectivity index (χ1) is 10.7. The second kappa shape index (κ2) is 6.43. The van der Waals surface area contributed by atoms with Crippen LogP contribution in [0.1, 0.15) is 18.4 Å². The smallest absolute Gasteiger partial charge is 0.228 e. The van der Waals surface area contributed by atoms with Gasteiger partial charge in [-0.2, -0.15) is 0 Å². The van der Waals surface area contributed by atoms with E-state index in [-0.39, 0.29) is 5.91 Å². The van der Waals surface area contributed by atoms with Gasteiger partial charge in [-0.25, -0.2) is 0 Å². The minimum Gasteiger partial charge on any atom is -0.330 e. The number of amides is 1. The summed E-state index contributed by atoms with van der Waals surface area (Å²) in [7, 11) is 0. The molecule has 0 atom stereocenters. The third-order valence-electron chi connectivity index (χ3n) is 3.79. The Balaban J connectivity index is 1.61. The molecule has 0 bridgehead atoms. The molecule has 2 N–H and O–H groups in total. The first-order valence-electron chi connectivity index (χ1n) is 7.51. The van der Waals surface area contributed by atoms with Crippen LogP contribution in [-0.4, -0.2) is 18.3 Å². The fourth-order valence-electron chi connectivity index (χ4n) is 2.67. The lowest BCUT2D eigenvalue weighted by Crippen LogP contribution is -2.23. The first kappa shape index (κ1) is 14.3. The highest BCUT2D eigenvalue weighted by Gasteiger charge is 2.18. The second-order valence-corrected chi connectivity index (χ2v) is 5.46. The molecule has 0 aliphatic carbocycles. The molecular formula is C18H19N3O. The summed E-state index contributed by atoms with van der Waals surface area (Å²) >= 11 is 0. The van der Waals surface area contributed by atoms with Gasteiger partial charge in [0.25, 0.3) is 0 Å². The molecule has 4 nitrogen and oxygen atoms in total. The van der Waals surface area contributed by atoms with E-state index >= 15 is 0 Å². The average Bonchev–Trinajstić information content (AvgIpc) is 2.95. The number of rotatable bonds is 4. The van der Waals surface area contributed by atoms with Crippen molar-refractivity contribution >= 4 is 23.1 Å². The molecule has 1 fully saturated rings. The molecule has 2 aromatic carbocycles. The maximum Gasteiger partial charge on any atom is 0.228 e. The Kier molecular flexibility index (Phi) is 4.19. The fourth-order valence-corrected chi connectivity index (χ4v) is 2.67. The van der Waals surface area contributed by atoms with E-state index in [4.69, 9.17) is 5.41 Å². The van der Waals surface area contributed by atoms with Gasteiger partial charge in [0.1, 0.15) is 5.84 Å². The molecule has 0 saturated carbocycles. The van der Waals surface area contributed by atoms with Crippen LogP contribution in [0.3, 0.4) is 0 Å². The molecule has 112 valence electrons. The lowest BCUT2D eigenvalue weighted by Gasteiger charge is -2.18. The van der Waals surface area contributed by atoms with Crippen LogP contribution in [0.5, 0.6) is 0 Å². The van der Waals surface area contributed by atoms with E-state index in [1.54, 1.807) is 0 Å². The summed E-state index contributed by atoms with van der Waals surface area (Å²) in [5, 5.41) is 10.8. The van der Waals surface area contributed by atoms with Crippen molar-refractivity contribution in [2.24, 2.45) is 0 Å². The maximum absolute atomic E-state index is 12.0. The summed E-state index contributed by atoms with van der Waals surface area (Å²) in [4.78, 5) is 14.0. The van der Waals surface area contributed by atoms with E-state index in [1.807, 2.05) is 59.5 Å². The molecule has 3 rings (SSSR count). The van der Waals surface area contributed by atoms with Gasteiger partial charge in [-0.3, -0.25) is 10.2 Å². The SMILES string of the molecule is N=C1CCCN1c1ccc(NC(=O)Cc2ccccc2)cc1. The number of benzene rings is 2. The predicted octanol–water partition coefficient (Wildman–Crippen LogP) is 3.45. The predicted molar refractivity (Wildman–Crippen MR) is 89.5 cm³/mol. The van der Waals surface area contributed by atoms with Crippen molar-refractivity contribution in [2.75, 3.05) is 16.8 Å². The quantitative estimate of drug-likeness (QED) is 0.907. The molecule has 0 radical (unpaired) electrons. The number of anilines is 2. The van der Waals surface area contributed by atoms with E-state index < -0.39 is 0 Å². The van der Waals surface area contributed by atoms with Crippen LogP contribution < -0.4 is 10.2 Å².